The van der Waals surface area contributed by atoms with Gasteiger partial charge < -0.3 is 10.4 Å². The lowest BCUT2D eigenvalue weighted by atomic mass is 9.69. The van der Waals surface area contributed by atoms with Gasteiger partial charge in [0.05, 0.1) is 6.42 Å². The average Bonchev–Trinajstić information content (AvgIpc) is 2.38. The van der Waals surface area contributed by atoms with E-state index in [-0.39, 0.29) is 18.7 Å². The molecule has 5 heteroatoms. The first-order valence-electron chi connectivity index (χ1n) is 7.44. The quantitative estimate of drug-likeness (QED) is 0.873. The Bertz CT molecular complexity index is 522. The van der Waals surface area contributed by atoms with Crippen LogP contribution in [-0.4, -0.2) is 22.0 Å². The van der Waals surface area contributed by atoms with Crippen molar-refractivity contribution in [2.24, 2.45) is 5.41 Å². The van der Waals surface area contributed by atoms with Crippen LogP contribution in [-0.2, 0) is 9.59 Å². The number of rotatable bonds is 5. The van der Waals surface area contributed by atoms with Crippen molar-refractivity contribution in [1.82, 2.24) is 4.98 Å². The Morgan fingerprint density at radius 1 is 1.24 bits per heavy atom. The summed E-state index contributed by atoms with van der Waals surface area (Å²) in [5, 5.41) is 11.9. The molecule has 0 aliphatic heterocycles. The van der Waals surface area contributed by atoms with Crippen LogP contribution in [0.4, 0.5) is 5.82 Å². The minimum absolute atomic E-state index is 0.0711. The highest BCUT2D eigenvalue weighted by molar-refractivity contribution is 5.90. The fourth-order valence-electron chi connectivity index (χ4n) is 3.18. The second kappa shape index (κ2) is 6.70. The molecule has 1 heterocycles. The van der Waals surface area contributed by atoms with Crippen LogP contribution in [0.1, 0.15) is 50.6 Å². The zero-order valence-corrected chi connectivity index (χ0v) is 12.4. The molecule has 1 aromatic heterocycles. The van der Waals surface area contributed by atoms with Gasteiger partial charge in [-0.15, -0.1) is 0 Å². The highest BCUT2D eigenvalue weighted by Crippen LogP contribution is 2.42. The molecule has 1 aliphatic rings. The Labute approximate surface area is 124 Å². The van der Waals surface area contributed by atoms with E-state index < -0.39 is 11.4 Å². The van der Waals surface area contributed by atoms with Crippen molar-refractivity contribution in [2.75, 3.05) is 5.32 Å². The Morgan fingerprint density at radius 3 is 2.57 bits per heavy atom. The number of hydrogen-bond acceptors (Lipinski definition) is 3. The number of carboxylic acids is 1. The first-order chi connectivity index (χ1) is 9.99. The van der Waals surface area contributed by atoms with Gasteiger partial charge in [0, 0.05) is 12.1 Å². The summed E-state index contributed by atoms with van der Waals surface area (Å²) in [5.74, 6) is -0.434. The number of nitrogens with zero attached hydrogens (tertiary/aromatic N) is 1. The number of amides is 1. The monoisotopic (exact) mass is 290 g/mol. The molecule has 5 nitrogen and oxygen atoms in total. The van der Waals surface area contributed by atoms with Crippen molar-refractivity contribution in [3.63, 3.8) is 0 Å². The van der Waals surface area contributed by atoms with Crippen LogP contribution in [0.5, 0.6) is 0 Å². The molecule has 1 amide bonds. The molecule has 1 aromatic rings. The third-order valence-corrected chi connectivity index (χ3v) is 4.13. The molecule has 0 atom stereocenters. The molecule has 0 radical (unpaired) electrons. The van der Waals surface area contributed by atoms with Gasteiger partial charge in [0.1, 0.15) is 5.82 Å². The van der Waals surface area contributed by atoms with Crippen LogP contribution in [0.3, 0.4) is 0 Å². The van der Waals surface area contributed by atoms with E-state index in [1.807, 2.05) is 19.1 Å². The van der Waals surface area contributed by atoms with Crippen LogP contribution in [0, 0.1) is 12.3 Å². The maximum absolute atomic E-state index is 12.2. The van der Waals surface area contributed by atoms with Crippen LogP contribution in [0.2, 0.25) is 0 Å². The van der Waals surface area contributed by atoms with Crippen LogP contribution >= 0.6 is 0 Å². The lowest BCUT2D eigenvalue weighted by Crippen LogP contribution is -2.32. The van der Waals surface area contributed by atoms with E-state index in [0.29, 0.717) is 5.82 Å². The topological polar surface area (TPSA) is 79.3 Å². The van der Waals surface area contributed by atoms with E-state index in [9.17, 15) is 9.59 Å². The number of carboxylic acid groups (broad SMARTS) is 1. The number of pyridine rings is 1. The maximum Gasteiger partial charge on any atom is 0.303 e. The van der Waals surface area contributed by atoms with Crippen molar-refractivity contribution in [3.05, 3.63) is 23.9 Å². The summed E-state index contributed by atoms with van der Waals surface area (Å²) in [4.78, 5) is 27.6. The summed E-state index contributed by atoms with van der Waals surface area (Å²) in [7, 11) is 0. The number of aryl methyl sites for hydroxylation is 1. The molecule has 0 saturated heterocycles. The highest BCUT2D eigenvalue weighted by atomic mass is 16.4. The van der Waals surface area contributed by atoms with Crippen molar-refractivity contribution in [2.45, 2.75) is 51.9 Å². The third-order valence-electron chi connectivity index (χ3n) is 4.13. The van der Waals surface area contributed by atoms with Gasteiger partial charge in [-0.25, -0.2) is 4.98 Å². The van der Waals surface area contributed by atoms with Crippen molar-refractivity contribution in [3.8, 4) is 0 Å². The first kappa shape index (κ1) is 15.5. The molecule has 2 N–H and O–H groups in total. The number of anilines is 1. The molecular formula is C16H22N2O3. The smallest absolute Gasteiger partial charge is 0.303 e. The van der Waals surface area contributed by atoms with Gasteiger partial charge >= 0.3 is 5.97 Å². The fourth-order valence-corrected chi connectivity index (χ4v) is 3.18. The van der Waals surface area contributed by atoms with Gasteiger partial charge in [0.2, 0.25) is 5.91 Å². The van der Waals surface area contributed by atoms with E-state index in [2.05, 4.69) is 10.3 Å². The summed E-state index contributed by atoms with van der Waals surface area (Å²) in [6.45, 7) is 1.86. The fraction of sp³-hybridized carbons (Fsp3) is 0.562. The number of aliphatic carboxylic acids is 1. The van der Waals surface area contributed by atoms with E-state index >= 15 is 0 Å². The normalized spacial score (nSPS) is 17.2. The third kappa shape index (κ3) is 4.55. The largest absolute Gasteiger partial charge is 0.481 e. The molecule has 1 saturated carbocycles. The van der Waals surface area contributed by atoms with Crippen LogP contribution in [0.25, 0.3) is 0 Å². The van der Waals surface area contributed by atoms with E-state index in [4.69, 9.17) is 5.11 Å². The predicted octanol–water partition coefficient (Wildman–Crippen LogP) is 3.14. The van der Waals surface area contributed by atoms with Crippen LogP contribution in [0.15, 0.2) is 18.2 Å². The minimum atomic E-state index is -0.821. The molecule has 2 rings (SSSR count). The number of carbonyl (C=O) groups excluding carboxylic acids is 1. The number of aromatic nitrogens is 1. The molecule has 21 heavy (non-hydrogen) atoms. The minimum Gasteiger partial charge on any atom is -0.481 e. The lowest BCUT2D eigenvalue weighted by molar-refractivity contribution is -0.140. The summed E-state index contributed by atoms with van der Waals surface area (Å²) in [6, 6.07) is 5.45. The molecule has 0 bridgehead atoms. The zero-order valence-electron chi connectivity index (χ0n) is 12.4. The average molecular weight is 290 g/mol. The van der Waals surface area contributed by atoms with Gasteiger partial charge in [-0.2, -0.15) is 0 Å². The van der Waals surface area contributed by atoms with Gasteiger partial charge in [-0.3, -0.25) is 9.59 Å². The maximum atomic E-state index is 12.2. The standard InChI is InChI=1S/C16H22N2O3/c1-12-6-5-7-13(17-12)18-14(19)10-16(11-15(20)21)8-3-2-4-9-16/h5-7H,2-4,8-11H2,1H3,(H,20,21)(H,17,18,19). The molecule has 1 fully saturated rings. The summed E-state index contributed by atoms with van der Waals surface area (Å²) in [5.41, 5.74) is 0.448. The van der Waals surface area contributed by atoms with E-state index in [0.717, 1.165) is 37.8 Å². The second-order valence-corrected chi connectivity index (χ2v) is 6.02. The van der Waals surface area contributed by atoms with Crippen molar-refractivity contribution >= 4 is 17.7 Å². The van der Waals surface area contributed by atoms with Gasteiger partial charge in [0.25, 0.3) is 0 Å². The van der Waals surface area contributed by atoms with Crippen molar-refractivity contribution < 1.29 is 14.7 Å². The number of carbonyl (C=O) groups is 2. The Morgan fingerprint density at radius 2 is 1.95 bits per heavy atom. The van der Waals surface area contributed by atoms with E-state index in [1.54, 1.807) is 6.07 Å². The SMILES string of the molecule is Cc1cccc(NC(=O)CC2(CC(=O)O)CCCCC2)n1. The molecule has 0 spiro atoms. The lowest BCUT2D eigenvalue weighted by Gasteiger charge is -2.35. The predicted molar refractivity (Wildman–Crippen MR) is 80.0 cm³/mol. The second-order valence-electron chi connectivity index (χ2n) is 6.02. The molecule has 0 aromatic carbocycles. The van der Waals surface area contributed by atoms with E-state index in [1.165, 1.54) is 0 Å². The Kier molecular flexibility index (Phi) is 4.94. The molecule has 1 aliphatic carbocycles. The molecule has 114 valence electrons. The zero-order chi connectivity index (χ0) is 15.3. The molecule has 0 unspecified atom stereocenters. The summed E-state index contributed by atoms with van der Waals surface area (Å²) < 4.78 is 0. The summed E-state index contributed by atoms with van der Waals surface area (Å²) in [6.07, 6.45) is 5.09. The van der Waals surface area contributed by atoms with Gasteiger partial charge in [-0.05, 0) is 37.3 Å². The van der Waals surface area contributed by atoms with Crippen LogP contribution < -0.4 is 5.32 Å². The number of nitrogens with one attached hydrogen (secondary N) is 1. The number of hydrogen-bond donors (Lipinski definition) is 2. The van der Waals surface area contributed by atoms with Gasteiger partial charge in [0.15, 0.2) is 0 Å². The molecular weight excluding hydrogens is 268 g/mol. The first-order valence-corrected chi connectivity index (χ1v) is 7.44. The Balaban J connectivity index is 2.02. The summed E-state index contributed by atoms with van der Waals surface area (Å²) >= 11 is 0. The highest BCUT2D eigenvalue weighted by Gasteiger charge is 2.36. The Hall–Kier alpha value is -1.91. The van der Waals surface area contributed by atoms with Gasteiger partial charge in [-0.1, -0.05) is 25.3 Å². The van der Waals surface area contributed by atoms with Crippen molar-refractivity contribution in [1.29, 1.82) is 0 Å².